The quantitative estimate of drug-likeness (QED) is 0.625. The van der Waals surface area contributed by atoms with Gasteiger partial charge in [0, 0.05) is 29.4 Å². The zero-order valence-electron chi connectivity index (χ0n) is 13.4. The molecule has 0 saturated carbocycles. The minimum absolute atomic E-state index is 0.0461. The predicted molar refractivity (Wildman–Crippen MR) is 98.9 cm³/mol. The lowest BCUT2D eigenvalue weighted by atomic mass is 10.1. The zero-order valence-corrected chi connectivity index (χ0v) is 15.0. The molecular weight excluding hydrogens is 358 g/mol. The summed E-state index contributed by atoms with van der Waals surface area (Å²) in [6.07, 6.45) is 3.78. The SMILES string of the molecule is O=C(O)C[C@@H](NCc1cnn(Cc2ccccc2Cl)c1)c1ccsc1. The van der Waals surface area contributed by atoms with Crippen molar-refractivity contribution in [1.82, 2.24) is 15.1 Å². The third kappa shape index (κ3) is 4.92. The van der Waals surface area contributed by atoms with E-state index in [0.717, 1.165) is 21.7 Å². The van der Waals surface area contributed by atoms with Crippen LogP contribution in [-0.2, 0) is 17.9 Å². The Labute approximate surface area is 154 Å². The van der Waals surface area contributed by atoms with Crippen molar-refractivity contribution in [3.8, 4) is 0 Å². The Bertz CT molecular complexity index is 832. The van der Waals surface area contributed by atoms with E-state index >= 15 is 0 Å². The van der Waals surface area contributed by atoms with Gasteiger partial charge in [-0.1, -0.05) is 29.8 Å². The molecule has 0 bridgehead atoms. The first-order valence-electron chi connectivity index (χ1n) is 7.84. The smallest absolute Gasteiger partial charge is 0.305 e. The van der Waals surface area contributed by atoms with Crippen LogP contribution in [-0.4, -0.2) is 20.9 Å². The van der Waals surface area contributed by atoms with Gasteiger partial charge in [0.05, 0.1) is 19.2 Å². The average molecular weight is 376 g/mol. The molecule has 3 aromatic rings. The largest absolute Gasteiger partial charge is 0.481 e. The van der Waals surface area contributed by atoms with Crippen LogP contribution in [0.1, 0.15) is 29.2 Å². The first-order chi connectivity index (χ1) is 12.1. The number of nitrogens with one attached hydrogen (secondary N) is 1. The number of aliphatic carboxylic acids is 1. The maximum absolute atomic E-state index is 11.1. The Morgan fingerprint density at radius 3 is 2.92 bits per heavy atom. The standard InChI is InChI=1S/C18H18ClN3O2S/c19-16-4-2-1-3-14(16)11-22-10-13(9-21-22)8-20-17(7-18(23)24)15-5-6-25-12-15/h1-6,9-10,12,17,20H,7-8,11H2,(H,23,24)/t17-/m1/s1. The second-order valence-corrected chi connectivity index (χ2v) is 6.91. The van der Waals surface area contributed by atoms with Crippen LogP contribution >= 0.6 is 22.9 Å². The maximum Gasteiger partial charge on any atom is 0.305 e. The Morgan fingerprint density at radius 2 is 2.20 bits per heavy atom. The van der Waals surface area contributed by atoms with Crippen molar-refractivity contribution < 1.29 is 9.90 Å². The van der Waals surface area contributed by atoms with Crippen LogP contribution in [0, 0.1) is 0 Å². The van der Waals surface area contributed by atoms with Crippen molar-refractivity contribution in [3.63, 3.8) is 0 Å². The number of hydrogen-bond acceptors (Lipinski definition) is 4. The first kappa shape index (κ1) is 17.7. The summed E-state index contributed by atoms with van der Waals surface area (Å²) in [5, 5.41) is 21.4. The highest BCUT2D eigenvalue weighted by Crippen LogP contribution is 2.20. The number of aromatic nitrogens is 2. The van der Waals surface area contributed by atoms with Crippen LogP contribution in [0.2, 0.25) is 5.02 Å². The zero-order chi connectivity index (χ0) is 17.6. The fourth-order valence-electron chi connectivity index (χ4n) is 2.58. The van der Waals surface area contributed by atoms with Gasteiger partial charge in [-0.3, -0.25) is 9.48 Å². The molecule has 1 aromatic carbocycles. The van der Waals surface area contributed by atoms with Crippen molar-refractivity contribution in [2.45, 2.75) is 25.6 Å². The van der Waals surface area contributed by atoms with E-state index in [4.69, 9.17) is 16.7 Å². The second kappa shape index (κ2) is 8.29. The molecule has 0 amide bonds. The van der Waals surface area contributed by atoms with Crippen LogP contribution in [0.5, 0.6) is 0 Å². The molecule has 1 atom stereocenters. The topological polar surface area (TPSA) is 67.2 Å². The molecule has 3 rings (SSSR count). The van der Waals surface area contributed by atoms with Gasteiger partial charge in [0.25, 0.3) is 0 Å². The molecule has 0 radical (unpaired) electrons. The fourth-order valence-corrected chi connectivity index (χ4v) is 3.49. The number of thiophene rings is 1. The summed E-state index contributed by atoms with van der Waals surface area (Å²) in [4.78, 5) is 11.1. The molecule has 0 aliphatic carbocycles. The number of carboxylic acids is 1. The molecule has 2 aromatic heterocycles. The fraction of sp³-hybridized carbons (Fsp3) is 0.222. The molecule has 0 unspecified atom stereocenters. The molecule has 0 spiro atoms. The first-order valence-corrected chi connectivity index (χ1v) is 9.16. The van der Waals surface area contributed by atoms with Crippen LogP contribution in [0.15, 0.2) is 53.5 Å². The highest BCUT2D eigenvalue weighted by Gasteiger charge is 2.15. The summed E-state index contributed by atoms with van der Waals surface area (Å²) in [6.45, 7) is 1.15. The summed E-state index contributed by atoms with van der Waals surface area (Å²) in [7, 11) is 0. The summed E-state index contributed by atoms with van der Waals surface area (Å²) >= 11 is 7.74. The Morgan fingerprint density at radius 1 is 1.36 bits per heavy atom. The number of halogens is 1. The lowest BCUT2D eigenvalue weighted by Crippen LogP contribution is -2.23. The molecule has 7 heteroatoms. The van der Waals surface area contributed by atoms with Gasteiger partial charge in [-0.05, 0) is 34.0 Å². The lowest BCUT2D eigenvalue weighted by Gasteiger charge is -2.15. The Kier molecular flexibility index (Phi) is 5.86. The Hall–Kier alpha value is -2.15. The van der Waals surface area contributed by atoms with E-state index in [9.17, 15) is 4.79 Å². The van der Waals surface area contributed by atoms with Crippen LogP contribution in [0.25, 0.3) is 0 Å². The number of hydrogen-bond donors (Lipinski definition) is 2. The second-order valence-electron chi connectivity index (χ2n) is 5.73. The van der Waals surface area contributed by atoms with E-state index < -0.39 is 5.97 Å². The molecule has 0 aliphatic rings. The van der Waals surface area contributed by atoms with E-state index in [1.807, 2.05) is 52.0 Å². The minimum Gasteiger partial charge on any atom is -0.481 e. The van der Waals surface area contributed by atoms with Crippen molar-refractivity contribution in [3.05, 3.63) is 75.2 Å². The van der Waals surface area contributed by atoms with Gasteiger partial charge in [-0.25, -0.2) is 0 Å². The molecule has 25 heavy (non-hydrogen) atoms. The van der Waals surface area contributed by atoms with E-state index in [-0.39, 0.29) is 12.5 Å². The van der Waals surface area contributed by atoms with Gasteiger partial charge in [0.1, 0.15) is 0 Å². The number of rotatable bonds is 8. The molecule has 2 heterocycles. The maximum atomic E-state index is 11.1. The predicted octanol–water partition coefficient (Wildman–Crippen LogP) is 3.95. The van der Waals surface area contributed by atoms with Crippen molar-refractivity contribution in [2.75, 3.05) is 0 Å². The minimum atomic E-state index is -0.821. The van der Waals surface area contributed by atoms with Gasteiger partial charge in [-0.2, -0.15) is 16.4 Å². The average Bonchev–Trinajstić information content (AvgIpc) is 3.25. The van der Waals surface area contributed by atoms with Crippen molar-refractivity contribution in [2.24, 2.45) is 0 Å². The van der Waals surface area contributed by atoms with Crippen LogP contribution in [0.4, 0.5) is 0 Å². The molecule has 0 aliphatic heterocycles. The normalized spacial score (nSPS) is 12.2. The molecular formula is C18H18ClN3O2S. The number of nitrogens with zero attached hydrogens (tertiary/aromatic N) is 2. The summed E-state index contributed by atoms with van der Waals surface area (Å²) in [5.74, 6) is -0.821. The summed E-state index contributed by atoms with van der Waals surface area (Å²) in [5.41, 5.74) is 3.00. The molecule has 2 N–H and O–H groups in total. The van der Waals surface area contributed by atoms with Gasteiger partial charge < -0.3 is 10.4 Å². The summed E-state index contributed by atoms with van der Waals surface area (Å²) in [6, 6.07) is 9.42. The van der Waals surface area contributed by atoms with Gasteiger partial charge >= 0.3 is 5.97 Å². The third-order valence-corrected chi connectivity index (χ3v) is 4.92. The van der Waals surface area contributed by atoms with Gasteiger partial charge in [0.15, 0.2) is 0 Å². The lowest BCUT2D eigenvalue weighted by molar-refractivity contribution is -0.137. The van der Waals surface area contributed by atoms with Crippen molar-refractivity contribution in [1.29, 1.82) is 0 Å². The summed E-state index contributed by atoms with van der Waals surface area (Å²) < 4.78 is 1.83. The van der Waals surface area contributed by atoms with E-state index in [0.29, 0.717) is 13.1 Å². The van der Waals surface area contributed by atoms with E-state index in [1.54, 1.807) is 17.5 Å². The Balaban J connectivity index is 1.62. The van der Waals surface area contributed by atoms with Crippen LogP contribution in [0.3, 0.4) is 0 Å². The molecule has 130 valence electrons. The van der Waals surface area contributed by atoms with Crippen LogP contribution < -0.4 is 5.32 Å². The van der Waals surface area contributed by atoms with Crippen molar-refractivity contribution >= 4 is 28.9 Å². The molecule has 0 fully saturated rings. The molecule has 0 saturated heterocycles. The number of carbonyl (C=O) groups is 1. The van der Waals surface area contributed by atoms with Gasteiger partial charge in [-0.15, -0.1) is 0 Å². The van der Waals surface area contributed by atoms with Gasteiger partial charge in [0.2, 0.25) is 0 Å². The molecule has 5 nitrogen and oxygen atoms in total. The highest BCUT2D eigenvalue weighted by atomic mass is 35.5. The third-order valence-electron chi connectivity index (χ3n) is 3.85. The highest BCUT2D eigenvalue weighted by molar-refractivity contribution is 7.07. The number of benzene rings is 1. The van der Waals surface area contributed by atoms with E-state index in [1.165, 1.54) is 0 Å². The van der Waals surface area contributed by atoms with E-state index in [2.05, 4.69) is 10.4 Å². The monoisotopic (exact) mass is 375 g/mol. The number of carboxylic acid groups (broad SMARTS) is 1.